The molecule has 222 valence electrons. The Kier molecular flexibility index (Phi) is 7.77. The van der Waals surface area contributed by atoms with Gasteiger partial charge in [-0.3, -0.25) is 9.78 Å². The minimum atomic E-state index is -1.31. The number of pyridine rings is 1. The highest BCUT2D eigenvalue weighted by Crippen LogP contribution is 2.50. The smallest absolute Gasteiger partial charge is 0.337 e. The Labute approximate surface area is 247 Å². The summed E-state index contributed by atoms with van der Waals surface area (Å²) in [4.78, 5) is 33.9. The molecule has 42 heavy (non-hydrogen) atoms. The largest absolute Gasteiger partial charge is 0.479 e. The normalized spacial score (nSPS) is 20.3. The van der Waals surface area contributed by atoms with Crippen LogP contribution in [-0.2, 0) is 26.3 Å². The molecule has 1 unspecified atom stereocenters. The summed E-state index contributed by atoms with van der Waals surface area (Å²) in [5.74, 6) is -1.40. The summed E-state index contributed by atoms with van der Waals surface area (Å²) < 4.78 is 20.3. The van der Waals surface area contributed by atoms with Gasteiger partial charge in [-0.1, -0.05) is 70.2 Å². The van der Waals surface area contributed by atoms with Crippen LogP contribution in [0.5, 0.6) is 0 Å². The molecule has 1 aliphatic heterocycles. The topological polar surface area (TPSA) is 79.7 Å². The Morgan fingerprint density at radius 1 is 1.07 bits per heavy atom. The Balaban J connectivity index is 1.69. The number of aromatic nitrogens is 1. The quantitative estimate of drug-likeness (QED) is 0.320. The van der Waals surface area contributed by atoms with Crippen molar-refractivity contribution < 1.29 is 23.8 Å². The highest BCUT2D eigenvalue weighted by molar-refractivity contribution is 5.86. The van der Waals surface area contributed by atoms with Crippen LogP contribution < -0.4 is 0 Å². The summed E-state index contributed by atoms with van der Waals surface area (Å²) in [7, 11) is 0. The molecule has 1 amide bonds. The van der Waals surface area contributed by atoms with E-state index < -0.39 is 23.1 Å². The number of ether oxygens (including phenoxy) is 1. The highest BCUT2D eigenvalue weighted by Gasteiger charge is 2.49. The van der Waals surface area contributed by atoms with Gasteiger partial charge in [0.15, 0.2) is 6.10 Å². The lowest BCUT2D eigenvalue weighted by molar-refractivity contribution is -0.160. The van der Waals surface area contributed by atoms with Crippen LogP contribution in [0, 0.1) is 11.7 Å². The van der Waals surface area contributed by atoms with Crippen molar-refractivity contribution in [1.82, 2.24) is 9.88 Å². The lowest BCUT2D eigenvalue weighted by Gasteiger charge is -2.42. The molecule has 0 spiro atoms. The molecule has 1 aromatic heterocycles. The number of hydrogen-bond acceptors (Lipinski definition) is 4. The van der Waals surface area contributed by atoms with Gasteiger partial charge in [-0.2, -0.15) is 0 Å². The summed E-state index contributed by atoms with van der Waals surface area (Å²) in [6.45, 7) is 14.4. The van der Waals surface area contributed by atoms with Crippen LogP contribution in [0.2, 0.25) is 0 Å². The van der Waals surface area contributed by atoms with Crippen LogP contribution >= 0.6 is 0 Å². The molecule has 6 nitrogen and oxygen atoms in total. The van der Waals surface area contributed by atoms with Crippen LogP contribution in [0.25, 0.3) is 11.1 Å². The van der Waals surface area contributed by atoms with Crippen molar-refractivity contribution in [3.05, 3.63) is 88.5 Å². The first-order chi connectivity index (χ1) is 19.7. The number of hydrogen-bond donors (Lipinski definition) is 1. The van der Waals surface area contributed by atoms with Crippen LogP contribution in [0.15, 0.2) is 54.6 Å². The third kappa shape index (κ3) is 5.84. The van der Waals surface area contributed by atoms with Crippen molar-refractivity contribution >= 4 is 11.9 Å². The molecule has 5 rings (SSSR count). The molecule has 0 radical (unpaired) electrons. The van der Waals surface area contributed by atoms with E-state index in [0.717, 1.165) is 17.7 Å². The molecule has 1 fully saturated rings. The Hall–Kier alpha value is -3.58. The van der Waals surface area contributed by atoms with E-state index in [1.807, 2.05) is 57.7 Å². The lowest BCUT2D eigenvalue weighted by atomic mass is 9.76. The van der Waals surface area contributed by atoms with E-state index in [1.54, 1.807) is 12.1 Å². The Morgan fingerprint density at radius 3 is 2.29 bits per heavy atom. The summed E-state index contributed by atoms with van der Waals surface area (Å²) in [5.41, 5.74) is 4.01. The fourth-order valence-electron chi connectivity index (χ4n) is 6.33. The molecule has 0 saturated heterocycles. The van der Waals surface area contributed by atoms with E-state index in [1.165, 1.54) is 17.7 Å². The molecule has 1 N–H and O–H groups in total. The zero-order valence-corrected chi connectivity index (χ0v) is 25.6. The molecule has 1 saturated carbocycles. The molecular formula is C35H41FN2O4. The molecule has 2 heterocycles. The molecule has 7 heteroatoms. The van der Waals surface area contributed by atoms with Gasteiger partial charge in [0, 0.05) is 35.5 Å². The van der Waals surface area contributed by atoms with Gasteiger partial charge < -0.3 is 14.7 Å². The molecule has 1 aliphatic carbocycles. The van der Waals surface area contributed by atoms with E-state index in [9.17, 15) is 19.1 Å². The van der Waals surface area contributed by atoms with Crippen LogP contribution in [0.1, 0.15) is 101 Å². The number of carbonyl (C=O) groups excluding carboxylic acids is 1. The van der Waals surface area contributed by atoms with Gasteiger partial charge in [0.2, 0.25) is 5.91 Å². The maximum atomic E-state index is 14.1. The number of rotatable bonds is 7. The number of benzene rings is 2. The van der Waals surface area contributed by atoms with Crippen LogP contribution in [0.4, 0.5) is 4.39 Å². The van der Waals surface area contributed by atoms with Gasteiger partial charge in [-0.25, -0.2) is 9.18 Å². The fraction of sp³-hybridized carbons (Fsp3) is 0.457. The van der Waals surface area contributed by atoms with Gasteiger partial charge in [-0.05, 0) is 67.9 Å². The SMILES string of the molecule is CC(C)c1nc2c(c(-c3ccc(F)cc3)c1C(OC(C)(C)C)C(=O)O)CN(C(=O)[C@@H]1C[C@H]1c1ccccc1)CC2(C)C. The minimum absolute atomic E-state index is 0.0858. The molecular weight excluding hydrogens is 531 g/mol. The van der Waals surface area contributed by atoms with E-state index in [2.05, 4.69) is 26.0 Å². The predicted molar refractivity (Wildman–Crippen MR) is 161 cm³/mol. The fourth-order valence-corrected chi connectivity index (χ4v) is 6.33. The average Bonchev–Trinajstić information content (AvgIpc) is 3.71. The van der Waals surface area contributed by atoms with Gasteiger partial charge in [0.05, 0.1) is 17.0 Å². The maximum Gasteiger partial charge on any atom is 0.337 e. The zero-order valence-electron chi connectivity index (χ0n) is 25.6. The predicted octanol–water partition coefficient (Wildman–Crippen LogP) is 7.38. The number of carbonyl (C=O) groups is 2. The minimum Gasteiger partial charge on any atom is -0.479 e. The number of carboxylic acids is 1. The highest BCUT2D eigenvalue weighted by atomic mass is 19.1. The summed E-state index contributed by atoms with van der Waals surface area (Å²) in [5, 5.41) is 10.5. The zero-order chi connectivity index (χ0) is 30.6. The second-order valence-electron chi connectivity index (χ2n) is 13.7. The third-order valence-electron chi connectivity index (χ3n) is 8.23. The van der Waals surface area contributed by atoms with Gasteiger partial charge in [0.25, 0.3) is 0 Å². The number of nitrogens with zero attached hydrogens (tertiary/aromatic N) is 2. The molecule has 2 aromatic carbocycles. The van der Waals surface area contributed by atoms with E-state index in [4.69, 9.17) is 9.72 Å². The third-order valence-corrected chi connectivity index (χ3v) is 8.23. The van der Waals surface area contributed by atoms with E-state index in [-0.39, 0.29) is 29.5 Å². The van der Waals surface area contributed by atoms with E-state index >= 15 is 0 Å². The van der Waals surface area contributed by atoms with Crippen molar-refractivity contribution in [1.29, 1.82) is 0 Å². The summed E-state index contributed by atoms with van der Waals surface area (Å²) in [6.07, 6.45) is -0.492. The monoisotopic (exact) mass is 572 g/mol. The number of fused-ring (bicyclic) bond motifs is 1. The van der Waals surface area contributed by atoms with Gasteiger partial charge in [0.1, 0.15) is 5.82 Å². The Morgan fingerprint density at radius 2 is 1.71 bits per heavy atom. The first kappa shape index (κ1) is 29.9. The van der Waals surface area contributed by atoms with Crippen molar-refractivity contribution in [2.24, 2.45) is 5.92 Å². The van der Waals surface area contributed by atoms with Crippen molar-refractivity contribution in [2.45, 2.75) is 90.4 Å². The standard InChI is InChI=1S/C35H41FN2O4/c1-20(2)29-28(30(33(40)41)42-34(3,4)5)27(22-13-15-23(36)16-14-22)26-18-38(19-35(6,7)31(26)37-29)32(39)25-17-24(25)21-11-9-8-10-12-21/h8-16,20,24-25,30H,17-19H2,1-7H3,(H,40,41)/t24-,25+,30?/m0/s1. The molecule has 0 bridgehead atoms. The summed E-state index contributed by atoms with van der Waals surface area (Å²) >= 11 is 0. The second kappa shape index (κ2) is 10.9. The average molecular weight is 573 g/mol. The summed E-state index contributed by atoms with van der Waals surface area (Å²) in [6, 6.07) is 16.2. The molecule has 3 atom stereocenters. The van der Waals surface area contributed by atoms with Crippen LogP contribution in [0.3, 0.4) is 0 Å². The van der Waals surface area contributed by atoms with Gasteiger partial charge >= 0.3 is 5.97 Å². The lowest BCUT2D eigenvalue weighted by Crippen LogP contribution is -2.47. The van der Waals surface area contributed by atoms with Crippen molar-refractivity contribution in [3.8, 4) is 11.1 Å². The molecule has 3 aromatic rings. The Bertz CT molecular complexity index is 1490. The first-order valence-corrected chi connectivity index (χ1v) is 14.8. The number of carboxylic acid groups (broad SMARTS) is 1. The van der Waals surface area contributed by atoms with Crippen LogP contribution in [-0.4, -0.2) is 39.0 Å². The van der Waals surface area contributed by atoms with Crippen molar-refractivity contribution in [3.63, 3.8) is 0 Å². The number of halogens is 1. The maximum absolute atomic E-state index is 14.1. The second-order valence-corrected chi connectivity index (χ2v) is 13.7. The molecule has 2 aliphatic rings. The first-order valence-electron chi connectivity index (χ1n) is 14.8. The number of amides is 1. The van der Waals surface area contributed by atoms with Gasteiger partial charge in [-0.15, -0.1) is 0 Å². The number of aliphatic carboxylic acids is 1. The van der Waals surface area contributed by atoms with E-state index in [0.29, 0.717) is 35.5 Å². The van der Waals surface area contributed by atoms with Crippen molar-refractivity contribution in [2.75, 3.05) is 6.54 Å².